The number of amides is 1. The van der Waals surface area contributed by atoms with Gasteiger partial charge in [-0.25, -0.2) is 4.79 Å². The van der Waals surface area contributed by atoms with Crippen LogP contribution in [0.5, 0.6) is 11.5 Å². The molecule has 0 bridgehead atoms. The highest BCUT2D eigenvalue weighted by Crippen LogP contribution is 2.34. The van der Waals surface area contributed by atoms with E-state index in [2.05, 4.69) is 21.2 Å². The molecule has 0 unspecified atom stereocenters. The van der Waals surface area contributed by atoms with Gasteiger partial charge < -0.3 is 19.9 Å². The average molecular weight is 431 g/mol. The summed E-state index contributed by atoms with van der Waals surface area (Å²) in [5.74, 6) is -0.733. The summed E-state index contributed by atoms with van der Waals surface area (Å²) in [6, 6.07) is 10.8. The number of carbonyl (C=O) groups is 2. The van der Waals surface area contributed by atoms with Crippen LogP contribution in [0.3, 0.4) is 0 Å². The topological polar surface area (TPSA) is 109 Å². The minimum absolute atomic E-state index is 0.0957. The van der Waals surface area contributed by atoms with E-state index in [0.717, 1.165) is 0 Å². The number of halogens is 1. The number of benzene rings is 2. The number of carbonyl (C=O) groups excluding carboxylic acids is 1. The molecule has 27 heavy (non-hydrogen) atoms. The lowest BCUT2D eigenvalue weighted by molar-refractivity contribution is -0.112. The summed E-state index contributed by atoms with van der Waals surface area (Å²) in [6.45, 7) is 0. The van der Waals surface area contributed by atoms with Crippen LogP contribution in [0.25, 0.3) is 6.08 Å². The zero-order chi connectivity index (χ0) is 20.0. The molecule has 0 radical (unpaired) electrons. The molecule has 7 nitrogen and oxygen atoms in total. The molecule has 2 N–H and O–H groups in total. The van der Waals surface area contributed by atoms with Crippen molar-refractivity contribution in [2.45, 2.75) is 0 Å². The van der Waals surface area contributed by atoms with Gasteiger partial charge in [0.2, 0.25) is 0 Å². The number of ether oxygens (including phenoxy) is 2. The molecule has 0 aliphatic heterocycles. The van der Waals surface area contributed by atoms with Crippen molar-refractivity contribution in [3.05, 3.63) is 57.6 Å². The third kappa shape index (κ3) is 4.86. The van der Waals surface area contributed by atoms with Gasteiger partial charge in [-0.2, -0.15) is 5.26 Å². The molecule has 2 aromatic rings. The van der Waals surface area contributed by atoms with Gasteiger partial charge in [-0.05, 0) is 48.0 Å². The van der Waals surface area contributed by atoms with E-state index in [4.69, 9.17) is 14.6 Å². The lowest BCUT2D eigenvalue weighted by atomic mass is 10.1. The van der Waals surface area contributed by atoms with Gasteiger partial charge in [-0.1, -0.05) is 15.9 Å². The highest BCUT2D eigenvalue weighted by Gasteiger charge is 2.13. The Morgan fingerprint density at radius 1 is 1.15 bits per heavy atom. The first kappa shape index (κ1) is 20.0. The molecule has 0 aliphatic carbocycles. The normalized spacial score (nSPS) is 10.7. The summed E-state index contributed by atoms with van der Waals surface area (Å²) >= 11 is 3.37. The number of nitrogens with one attached hydrogen (secondary N) is 1. The van der Waals surface area contributed by atoms with Gasteiger partial charge >= 0.3 is 5.97 Å². The third-order valence-electron chi connectivity index (χ3n) is 3.56. The SMILES string of the molecule is COc1cc(Br)c(/C=C(\C#N)C(=O)Nc2ccc(C(=O)O)cc2)cc1OC. The van der Waals surface area contributed by atoms with Crippen molar-refractivity contribution in [1.29, 1.82) is 5.26 Å². The molecular weight excluding hydrogens is 416 g/mol. The number of aromatic carboxylic acids is 1. The molecule has 0 aliphatic rings. The number of hydrogen-bond donors (Lipinski definition) is 2. The maximum absolute atomic E-state index is 12.4. The van der Waals surface area contributed by atoms with Crippen LogP contribution in [0.1, 0.15) is 15.9 Å². The second-order valence-electron chi connectivity index (χ2n) is 5.24. The average Bonchev–Trinajstić information content (AvgIpc) is 2.66. The van der Waals surface area contributed by atoms with Crippen LogP contribution in [0, 0.1) is 11.3 Å². The summed E-state index contributed by atoms with van der Waals surface area (Å²) in [5, 5.41) is 20.8. The quantitative estimate of drug-likeness (QED) is 0.533. The van der Waals surface area contributed by atoms with Crippen LogP contribution in [0.2, 0.25) is 0 Å². The molecule has 0 atom stereocenters. The Morgan fingerprint density at radius 3 is 2.26 bits per heavy atom. The molecule has 0 heterocycles. The number of nitriles is 1. The van der Waals surface area contributed by atoms with Crippen LogP contribution in [-0.4, -0.2) is 31.2 Å². The van der Waals surface area contributed by atoms with Gasteiger partial charge in [0.05, 0.1) is 19.8 Å². The summed E-state index contributed by atoms with van der Waals surface area (Å²) in [7, 11) is 2.99. The molecule has 138 valence electrons. The number of methoxy groups -OCH3 is 2. The van der Waals surface area contributed by atoms with Gasteiger partial charge in [0.25, 0.3) is 5.91 Å². The van der Waals surface area contributed by atoms with E-state index in [1.807, 2.05) is 6.07 Å². The van der Waals surface area contributed by atoms with Gasteiger partial charge in [0, 0.05) is 10.2 Å². The van der Waals surface area contributed by atoms with Gasteiger partial charge in [0.1, 0.15) is 11.6 Å². The minimum Gasteiger partial charge on any atom is -0.493 e. The first-order valence-corrected chi connectivity index (χ1v) is 8.37. The third-order valence-corrected chi connectivity index (χ3v) is 4.24. The molecule has 2 rings (SSSR count). The van der Waals surface area contributed by atoms with Crippen molar-refractivity contribution < 1.29 is 24.2 Å². The van der Waals surface area contributed by atoms with Crippen molar-refractivity contribution >= 4 is 39.6 Å². The number of anilines is 1. The monoisotopic (exact) mass is 430 g/mol. The summed E-state index contributed by atoms with van der Waals surface area (Å²) < 4.78 is 11.0. The summed E-state index contributed by atoms with van der Waals surface area (Å²) in [5.41, 5.74) is 0.890. The van der Waals surface area contributed by atoms with E-state index < -0.39 is 11.9 Å². The van der Waals surface area contributed by atoms with E-state index in [-0.39, 0.29) is 11.1 Å². The lowest BCUT2D eigenvalue weighted by Gasteiger charge is -2.10. The van der Waals surface area contributed by atoms with Crippen LogP contribution < -0.4 is 14.8 Å². The van der Waals surface area contributed by atoms with Gasteiger partial charge in [-0.15, -0.1) is 0 Å². The fourth-order valence-electron chi connectivity index (χ4n) is 2.18. The predicted molar refractivity (Wildman–Crippen MR) is 103 cm³/mol. The Bertz CT molecular complexity index is 946. The molecule has 0 saturated carbocycles. The summed E-state index contributed by atoms with van der Waals surface area (Å²) in [4.78, 5) is 23.2. The van der Waals surface area contributed by atoms with Crippen molar-refractivity contribution in [1.82, 2.24) is 0 Å². The Morgan fingerprint density at radius 2 is 1.74 bits per heavy atom. The molecule has 0 fully saturated rings. The Labute approximate surface area is 164 Å². The predicted octanol–water partition coefficient (Wildman–Crippen LogP) is 3.71. The fraction of sp³-hybridized carbons (Fsp3) is 0.105. The fourth-order valence-corrected chi connectivity index (χ4v) is 2.62. The highest BCUT2D eigenvalue weighted by atomic mass is 79.9. The second-order valence-corrected chi connectivity index (χ2v) is 6.09. The molecule has 1 amide bonds. The van der Waals surface area contributed by atoms with E-state index in [1.54, 1.807) is 12.1 Å². The zero-order valence-corrected chi connectivity index (χ0v) is 16.0. The smallest absolute Gasteiger partial charge is 0.335 e. The van der Waals surface area contributed by atoms with E-state index in [1.165, 1.54) is 44.6 Å². The standard InChI is InChI=1S/C19H15BrN2O5/c1-26-16-8-12(15(20)9-17(16)27-2)7-13(10-21)18(23)22-14-5-3-11(4-6-14)19(24)25/h3-9H,1-2H3,(H,22,23)(H,24,25)/b13-7+. The Hall–Kier alpha value is -3.31. The van der Waals surface area contributed by atoms with Crippen molar-refractivity contribution in [2.24, 2.45) is 0 Å². The molecule has 0 aromatic heterocycles. The van der Waals surface area contributed by atoms with Crippen molar-refractivity contribution in [3.8, 4) is 17.6 Å². The van der Waals surface area contributed by atoms with Gasteiger partial charge in [0.15, 0.2) is 11.5 Å². The molecule has 8 heteroatoms. The van der Waals surface area contributed by atoms with E-state index in [9.17, 15) is 14.9 Å². The van der Waals surface area contributed by atoms with Crippen molar-refractivity contribution in [2.75, 3.05) is 19.5 Å². The first-order chi connectivity index (χ1) is 12.9. The molecule has 2 aromatic carbocycles. The van der Waals surface area contributed by atoms with Crippen LogP contribution in [0.4, 0.5) is 5.69 Å². The number of rotatable bonds is 6. The van der Waals surface area contributed by atoms with Crippen LogP contribution in [0.15, 0.2) is 46.4 Å². The second kappa shape index (κ2) is 8.87. The Kier molecular flexibility index (Phi) is 6.57. The number of carboxylic acid groups (broad SMARTS) is 1. The molecule has 0 saturated heterocycles. The number of nitrogens with zero attached hydrogens (tertiary/aromatic N) is 1. The Balaban J connectivity index is 2.29. The van der Waals surface area contributed by atoms with E-state index >= 15 is 0 Å². The minimum atomic E-state index is -1.07. The van der Waals surface area contributed by atoms with Gasteiger partial charge in [-0.3, -0.25) is 4.79 Å². The summed E-state index contributed by atoms with van der Waals surface area (Å²) in [6.07, 6.45) is 1.41. The lowest BCUT2D eigenvalue weighted by Crippen LogP contribution is -2.13. The zero-order valence-electron chi connectivity index (χ0n) is 14.4. The maximum atomic E-state index is 12.4. The number of carboxylic acids is 1. The maximum Gasteiger partial charge on any atom is 0.335 e. The molecular formula is C19H15BrN2O5. The van der Waals surface area contributed by atoms with Crippen LogP contribution in [-0.2, 0) is 4.79 Å². The highest BCUT2D eigenvalue weighted by molar-refractivity contribution is 9.10. The van der Waals surface area contributed by atoms with Crippen molar-refractivity contribution in [3.63, 3.8) is 0 Å². The largest absolute Gasteiger partial charge is 0.493 e. The van der Waals surface area contributed by atoms with Crippen LogP contribution >= 0.6 is 15.9 Å². The molecule has 0 spiro atoms. The number of hydrogen-bond acceptors (Lipinski definition) is 5. The van der Waals surface area contributed by atoms with E-state index in [0.29, 0.717) is 27.2 Å². The first-order valence-electron chi connectivity index (χ1n) is 7.57.